The largest absolute Gasteiger partial charge is 0.393 e. The van der Waals surface area contributed by atoms with Crippen molar-refractivity contribution in [2.45, 2.75) is 6.92 Å². The molecule has 0 aliphatic rings. The van der Waals surface area contributed by atoms with Crippen LogP contribution in [0, 0.1) is 10.1 Å². The van der Waals surface area contributed by atoms with E-state index in [-0.39, 0.29) is 11.4 Å². The standard InChI is InChI=1S/C12H20N4O2/c1-4-14(2)7-8-15(3)10-5-6-12(16(17)18)11(13)9-10/h5-6,9H,4,7-8,13H2,1-3H3. The quantitative estimate of drug-likeness (QED) is 0.472. The van der Waals surface area contributed by atoms with Gasteiger partial charge in [-0.15, -0.1) is 0 Å². The van der Waals surface area contributed by atoms with Gasteiger partial charge in [-0.2, -0.15) is 0 Å². The summed E-state index contributed by atoms with van der Waals surface area (Å²) < 4.78 is 0. The number of nitro groups is 1. The molecule has 0 atom stereocenters. The van der Waals surface area contributed by atoms with E-state index in [2.05, 4.69) is 18.9 Å². The van der Waals surface area contributed by atoms with Crippen LogP contribution in [0.3, 0.4) is 0 Å². The van der Waals surface area contributed by atoms with Gasteiger partial charge in [-0.05, 0) is 25.7 Å². The lowest BCUT2D eigenvalue weighted by Gasteiger charge is -2.23. The molecule has 1 aromatic rings. The molecule has 0 aliphatic heterocycles. The summed E-state index contributed by atoms with van der Waals surface area (Å²) in [4.78, 5) is 14.4. The van der Waals surface area contributed by atoms with E-state index in [4.69, 9.17) is 5.73 Å². The Morgan fingerprint density at radius 1 is 1.33 bits per heavy atom. The Balaban J connectivity index is 2.72. The van der Waals surface area contributed by atoms with Crippen molar-refractivity contribution in [2.75, 3.05) is 44.4 Å². The minimum atomic E-state index is -0.468. The van der Waals surface area contributed by atoms with Crippen LogP contribution in [0.5, 0.6) is 0 Å². The molecule has 0 amide bonds. The van der Waals surface area contributed by atoms with Crippen LogP contribution in [0.15, 0.2) is 18.2 Å². The SMILES string of the molecule is CCN(C)CCN(C)c1ccc([N+](=O)[O-])c(N)c1. The van der Waals surface area contributed by atoms with Gasteiger partial charge in [0.1, 0.15) is 5.69 Å². The molecule has 0 radical (unpaired) electrons. The second-order valence-electron chi connectivity index (χ2n) is 4.32. The van der Waals surface area contributed by atoms with Crippen LogP contribution in [0.1, 0.15) is 6.92 Å². The molecule has 0 saturated heterocycles. The Labute approximate surface area is 107 Å². The number of nitro benzene ring substituents is 1. The smallest absolute Gasteiger partial charge is 0.292 e. The number of nitrogens with two attached hydrogens (primary N) is 1. The Morgan fingerprint density at radius 2 is 2.00 bits per heavy atom. The summed E-state index contributed by atoms with van der Waals surface area (Å²) in [5.74, 6) is 0. The number of hydrogen-bond acceptors (Lipinski definition) is 5. The zero-order valence-corrected chi connectivity index (χ0v) is 11.1. The summed E-state index contributed by atoms with van der Waals surface area (Å²) in [5.41, 5.74) is 6.71. The summed E-state index contributed by atoms with van der Waals surface area (Å²) in [6, 6.07) is 4.81. The van der Waals surface area contributed by atoms with Crippen molar-refractivity contribution in [1.29, 1.82) is 0 Å². The second kappa shape index (κ2) is 6.20. The van der Waals surface area contributed by atoms with Crippen LogP contribution in [-0.2, 0) is 0 Å². The number of nitrogen functional groups attached to an aromatic ring is 1. The van der Waals surface area contributed by atoms with E-state index in [0.717, 1.165) is 25.3 Å². The van der Waals surface area contributed by atoms with Gasteiger partial charge in [0.2, 0.25) is 0 Å². The highest BCUT2D eigenvalue weighted by atomic mass is 16.6. The maximum atomic E-state index is 10.7. The molecule has 0 unspecified atom stereocenters. The van der Waals surface area contributed by atoms with Gasteiger partial charge in [0.05, 0.1) is 4.92 Å². The molecule has 0 bridgehead atoms. The van der Waals surface area contributed by atoms with Crippen LogP contribution in [-0.4, -0.2) is 43.6 Å². The topological polar surface area (TPSA) is 75.6 Å². The molecule has 6 heteroatoms. The van der Waals surface area contributed by atoms with Crippen molar-refractivity contribution in [2.24, 2.45) is 0 Å². The van der Waals surface area contributed by atoms with E-state index < -0.39 is 4.92 Å². The van der Waals surface area contributed by atoms with Crippen LogP contribution < -0.4 is 10.6 Å². The van der Waals surface area contributed by atoms with E-state index in [0.29, 0.717) is 0 Å². The molecule has 2 N–H and O–H groups in total. The Morgan fingerprint density at radius 3 is 2.50 bits per heavy atom. The van der Waals surface area contributed by atoms with E-state index in [9.17, 15) is 10.1 Å². The number of nitrogens with zero attached hydrogens (tertiary/aromatic N) is 3. The predicted molar refractivity (Wildman–Crippen MR) is 73.9 cm³/mol. The normalized spacial score (nSPS) is 10.7. The molecule has 0 fully saturated rings. The maximum absolute atomic E-state index is 10.7. The third-order valence-corrected chi connectivity index (χ3v) is 3.01. The fourth-order valence-corrected chi connectivity index (χ4v) is 1.55. The van der Waals surface area contributed by atoms with Crippen LogP contribution >= 0.6 is 0 Å². The summed E-state index contributed by atoms with van der Waals surface area (Å²) in [6.45, 7) is 4.88. The van der Waals surface area contributed by atoms with Gasteiger partial charge >= 0.3 is 0 Å². The number of anilines is 2. The highest BCUT2D eigenvalue weighted by Gasteiger charge is 2.12. The Kier molecular flexibility index (Phi) is 4.91. The van der Waals surface area contributed by atoms with Gasteiger partial charge in [-0.25, -0.2) is 0 Å². The lowest BCUT2D eigenvalue weighted by molar-refractivity contribution is -0.383. The molecular formula is C12H20N4O2. The first-order valence-electron chi connectivity index (χ1n) is 5.89. The van der Waals surface area contributed by atoms with Crippen molar-refractivity contribution in [3.05, 3.63) is 28.3 Å². The monoisotopic (exact) mass is 252 g/mol. The zero-order valence-electron chi connectivity index (χ0n) is 11.1. The molecule has 1 rings (SSSR count). The fraction of sp³-hybridized carbons (Fsp3) is 0.500. The summed E-state index contributed by atoms with van der Waals surface area (Å²) in [7, 11) is 4.00. The molecule has 6 nitrogen and oxygen atoms in total. The van der Waals surface area contributed by atoms with Crippen molar-refractivity contribution >= 4 is 17.1 Å². The lowest BCUT2D eigenvalue weighted by atomic mass is 10.2. The molecule has 0 aliphatic carbocycles. The van der Waals surface area contributed by atoms with Crippen molar-refractivity contribution in [3.8, 4) is 0 Å². The molecule has 0 aromatic heterocycles. The molecule has 100 valence electrons. The van der Waals surface area contributed by atoms with E-state index in [1.54, 1.807) is 12.1 Å². The first-order chi connectivity index (χ1) is 8.45. The fourth-order valence-electron chi connectivity index (χ4n) is 1.55. The minimum absolute atomic E-state index is 0.0437. The number of likely N-dealkylation sites (N-methyl/N-ethyl adjacent to an activating group) is 2. The Hall–Kier alpha value is -1.82. The van der Waals surface area contributed by atoms with Gasteiger partial charge in [-0.3, -0.25) is 10.1 Å². The second-order valence-corrected chi connectivity index (χ2v) is 4.32. The third-order valence-electron chi connectivity index (χ3n) is 3.01. The third kappa shape index (κ3) is 3.59. The maximum Gasteiger partial charge on any atom is 0.292 e. The van der Waals surface area contributed by atoms with Gasteiger partial charge < -0.3 is 15.5 Å². The molecule has 18 heavy (non-hydrogen) atoms. The average molecular weight is 252 g/mol. The highest BCUT2D eigenvalue weighted by Crippen LogP contribution is 2.26. The molecule has 0 spiro atoms. The zero-order chi connectivity index (χ0) is 13.7. The molecule has 0 heterocycles. The molecule has 1 aromatic carbocycles. The summed E-state index contributed by atoms with van der Waals surface area (Å²) >= 11 is 0. The van der Waals surface area contributed by atoms with E-state index in [1.165, 1.54) is 6.07 Å². The van der Waals surface area contributed by atoms with Crippen molar-refractivity contribution in [1.82, 2.24) is 4.90 Å². The number of hydrogen-bond donors (Lipinski definition) is 1. The van der Waals surface area contributed by atoms with E-state index >= 15 is 0 Å². The van der Waals surface area contributed by atoms with Crippen molar-refractivity contribution < 1.29 is 4.92 Å². The van der Waals surface area contributed by atoms with E-state index in [1.807, 2.05) is 11.9 Å². The first kappa shape index (κ1) is 14.2. The van der Waals surface area contributed by atoms with Gasteiger partial charge in [0.25, 0.3) is 5.69 Å². The Bertz CT molecular complexity index is 423. The van der Waals surface area contributed by atoms with Crippen molar-refractivity contribution in [3.63, 3.8) is 0 Å². The summed E-state index contributed by atoms with van der Waals surface area (Å²) in [6.07, 6.45) is 0. The van der Waals surface area contributed by atoms with Gasteiger partial charge in [0.15, 0.2) is 0 Å². The van der Waals surface area contributed by atoms with Crippen LogP contribution in [0.2, 0.25) is 0 Å². The number of benzene rings is 1. The number of rotatable bonds is 6. The lowest BCUT2D eigenvalue weighted by Crippen LogP contribution is -2.30. The minimum Gasteiger partial charge on any atom is -0.393 e. The van der Waals surface area contributed by atoms with Crippen LogP contribution in [0.4, 0.5) is 17.1 Å². The van der Waals surface area contributed by atoms with Crippen LogP contribution in [0.25, 0.3) is 0 Å². The molecular weight excluding hydrogens is 232 g/mol. The average Bonchev–Trinajstić information content (AvgIpc) is 2.34. The molecule has 0 saturated carbocycles. The van der Waals surface area contributed by atoms with Gasteiger partial charge in [-0.1, -0.05) is 6.92 Å². The summed E-state index contributed by atoms with van der Waals surface area (Å²) in [5, 5.41) is 10.7. The predicted octanol–water partition coefficient (Wildman–Crippen LogP) is 1.56. The van der Waals surface area contributed by atoms with Gasteiger partial charge in [0, 0.05) is 31.9 Å². The highest BCUT2D eigenvalue weighted by molar-refractivity contribution is 5.66. The first-order valence-corrected chi connectivity index (χ1v) is 5.89.